The summed E-state index contributed by atoms with van der Waals surface area (Å²) in [5.74, 6) is 0.00550. The molecule has 296 valence electrons. The smallest absolute Gasteiger partial charge is 0.220 e. The van der Waals surface area contributed by atoms with Crippen LogP contribution in [0.25, 0.3) is 0 Å². The van der Waals surface area contributed by atoms with Gasteiger partial charge < -0.3 is 36.0 Å². The van der Waals surface area contributed by atoms with Crippen molar-refractivity contribution < 1.29 is 45.0 Å². The molecule has 7 rings (SSSR count). The lowest BCUT2D eigenvalue weighted by atomic mass is 9.37. The Morgan fingerprint density at radius 3 is 1.29 bits per heavy atom. The van der Waals surface area contributed by atoms with Crippen molar-refractivity contribution >= 4 is 17.5 Å². The summed E-state index contributed by atoms with van der Waals surface area (Å²) < 4.78 is 0. The van der Waals surface area contributed by atoms with Crippen molar-refractivity contribution in [3.05, 3.63) is 71.3 Å². The third-order valence-electron chi connectivity index (χ3n) is 12.9. The highest BCUT2D eigenvalue weighted by Gasteiger charge is 2.62. The number of hydrogen-bond acceptors (Lipinski definition) is 9. The fourth-order valence-electron chi connectivity index (χ4n) is 10.9. The zero-order valence-electron chi connectivity index (χ0n) is 31.8. The Labute approximate surface area is 323 Å². The zero-order chi connectivity index (χ0) is 39.2. The number of rotatable bonds is 20. The van der Waals surface area contributed by atoms with E-state index in [4.69, 9.17) is 0 Å². The number of nitrogens with one attached hydrogen (secondary N) is 1. The van der Waals surface area contributed by atoms with Gasteiger partial charge in [0.2, 0.25) is 5.91 Å². The molecule has 10 nitrogen and oxygen atoms in total. The molecule has 7 N–H and O–H groups in total. The topological polar surface area (TPSA) is 185 Å². The second-order valence-corrected chi connectivity index (χ2v) is 17.4. The fraction of sp³-hybridized carbons (Fsp3) is 0.533. The summed E-state index contributed by atoms with van der Waals surface area (Å²) in [6.45, 7) is 0.429. The van der Waals surface area contributed by atoms with E-state index in [0.717, 1.165) is 74.5 Å². The second-order valence-electron chi connectivity index (χ2n) is 17.4. The molecule has 4 fully saturated rings. The minimum Gasteiger partial charge on any atom is -0.504 e. The second kappa shape index (κ2) is 17.0. The minimum atomic E-state index is -0.178. The summed E-state index contributed by atoms with van der Waals surface area (Å²) >= 11 is 0. The van der Waals surface area contributed by atoms with Crippen LogP contribution >= 0.6 is 0 Å². The fourth-order valence-corrected chi connectivity index (χ4v) is 10.9. The summed E-state index contributed by atoms with van der Waals surface area (Å²) in [6.07, 6.45) is 14.2. The molecular formula is C45H57NO9. The Hall–Kier alpha value is -4.73. The largest absolute Gasteiger partial charge is 0.504 e. The van der Waals surface area contributed by atoms with Gasteiger partial charge in [0.1, 0.15) is 11.6 Å². The van der Waals surface area contributed by atoms with Gasteiger partial charge >= 0.3 is 0 Å². The summed E-state index contributed by atoms with van der Waals surface area (Å²) in [5, 5.41) is 61.3. The van der Waals surface area contributed by atoms with Crippen molar-refractivity contribution in [3.8, 4) is 34.5 Å². The number of hydrogen-bond donors (Lipinski definition) is 7. The monoisotopic (exact) mass is 755 g/mol. The molecule has 55 heavy (non-hydrogen) atoms. The Bertz CT molecular complexity index is 1650. The van der Waals surface area contributed by atoms with E-state index in [1.54, 1.807) is 30.3 Å². The predicted octanol–water partition coefficient (Wildman–Crippen LogP) is 8.06. The lowest BCUT2D eigenvalue weighted by molar-refractivity contribution is -0.171. The van der Waals surface area contributed by atoms with Gasteiger partial charge in [-0.05, 0) is 165 Å². The average molecular weight is 756 g/mol. The highest BCUT2D eigenvalue weighted by Crippen LogP contribution is 2.73. The molecule has 3 aromatic carbocycles. The quantitative estimate of drug-likeness (QED) is 0.0561. The molecule has 4 aliphatic carbocycles. The summed E-state index contributed by atoms with van der Waals surface area (Å²) in [6, 6.07) is 14.2. The van der Waals surface area contributed by atoms with Crippen LogP contribution in [0.1, 0.15) is 119 Å². The molecule has 0 aromatic heterocycles. The highest BCUT2D eigenvalue weighted by atomic mass is 16.3. The van der Waals surface area contributed by atoms with Gasteiger partial charge in [0.25, 0.3) is 0 Å². The van der Waals surface area contributed by atoms with Crippen LogP contribution in [0.3, 0.4) is 0 Å². The molecule has 10 heteroatoms. The molecule has 4 aliphatic rings. The van der Waals surface area contributed by atoms with Crippen LogP contribution in [0.4, 0.5) is 0 Å². The van der Waals surface area contributed by atoms with E-state index in [9.17, 15) is 45.0 Å². The SMILES string of the molecule is O=C(CCCc1ccc(O)c(O)c1)CCC12CC3CC(CCC(=O)CCCc4ccc(O)c(O)c4)(C1)CC(CCC(=O)NCCc1ccc(O)c(O)c1)(C3)C2. The first-order valence-corrected chi connectivity index (χ1v) is 20.1. The van der Waals surface area contributed by atoms with E-state index in [1.165, 1.54) is 24.3 Å². The van der Waals surface area contributed by atoms with E-state index in [-0.39, 0.29) is 68.2 Å². The van der Waals surface area contributed by atoms with E-state index in [0.29, 0.717) is 76.7 Å². The lowest BCUT2D eigenvalue weighted by Crippen LogP contribution is -2.57. The first-order chi connectivity index (χ1) is 26.2. The maximum atomic E-state index is 13.3. The lowest BCUT2D eigenvalue weighted by Gasteiger charge is -2.67. The van der Waals surface area contributed by atoms with Gasteiger partial charge in [0.05, 0.1) is 0 Å². The van der Waals surface area contributed by atoms with Crippen molar-refractivity contribution in [3.63, 3.8) is 0 Å². The van der Waals surface area contributed by atoms with Crippen LogP contribution < -0.4 is 5.32 Å². The highest BCUT2D eigenvalue weighted by molar-refractivity contribution is 5.79. The van der Waals surface area contributed by atoms with E-state index in [1.807, 2.05) is 0 Å². The predicted molar refractivity (Wildman–Crippen MR) is 208 cm³/mol. The molecule has 4 saturated carbocycles. The first-order valence-electron chi connectivity index (χ1n) is 20.1. The Kier molecular flexibility index (Phi) is 12.3. The molecule has 0 saturated heterocycles. The van der Waals surface area contributed by atoms with Gasteiger partial charge in [-0.25, -0.2) is 0 Å². The minimum absolute atomic E-state index is 0.00361. The van der Waals surface area contributed by atoms with Crippen molar-refractivity contribution in [1.29, 1.82) is 0 Å². The summed E-state index contributed by atoms with van der Waals surface area (Å²) in [4.78, 5) is 39.7. The van der Waals surface area contributed by atoms with Crippen molar-refractivity contribution in [2.24, 2.45) is 22.2 Å². The number of Topliss-reactive ketones (excluding diaryl/α,β-unsaturated/α-hetero) is 2. The average Bonchev–Trinajstić information content (AvgIpc) is 3.13. The number of carbonyl (C=O) groups excluding carboxylic acids is 3. The normalized spacial score (nSPS) is 23.8. The third kappa shape index (κ3) is 10.3. The number of ketones is 2. The maximum Gasteiger partial charge on any atom is 0.220 e. The van der Waals surface area contributed by atoms with Gasteiger partial charge in [0, 0.05) is 38.6 Å². The van der Waals surface area contributed by atoms with Gasteiger partial charge in [0.15, 0.2) is 34.5 Å². The molecule has 0 radical (unpaired) electrons. The maximum absolute atomic E-state index is 13.3. The van der Waals surface area contributed by atoms with Gasteiger partial charge in [-0.15, -0.1) is 0 Å². The molecule has 0 aliphatic heterocycles. The number of carbonyl (C=O) groups is 3. The number of phenols is 6. The number of amides is 1. The first kappa shape index (κ1) is 39.9. The van der Waals surface area contributed by atoms with Crippen molar-refractivity contribution in [2.75, 3.05) is 6.54 Å². The molecule has 4 bridgehead atoms. The van der Waals surface area contributed by atoms with Gasteiger partial charge in [-0.1, -0.05) is 18.2 Å². The Balaban J connectivity index is 1.06. The van der Waals surface area contributed by atoms with Crippen molar-refractivity contribution in [2.45, 2.75) is 122 Å². The number of aryl methyl sites for hydroxylation is 2. The number of aromatic hydroxyl groups is 6. The molecule has 1 amide bonds. The number of benzene rings is 3. The van der Waals surface area contributed by atoms with Crippen LogP contribution in [0, 0.1) is 22.2 Å². The van der Waals surface area contributed by atoms with Gasteiger partial charge in [-0.3, -0.25) is 14.4 Å². The molecule has 2 atom stereocenters. The molecule has 0 spiro atoms. The van der Waals surface area contributed by atoms with E-state index >= 15 is 0 Å². The Morgan fingerprint density at radius 1 is 0.509 bits per heavy atom. The van der Waals surface area contributed by atoms with Crippen LogP contribution in [-0.4, -0.2) is 54.7 Å². The molecule has 0 heterocycles. The van der Waals surface area contributed by atoms with E-state index < -0.39 is 0 Å². The van der Waals surface area contributed by atoms with Crippen LogP contribution in [0.15, 0.2) is 54.6 Å². The molecule has 2 unspecified atom stereocenters. The standard InChI is InChI=1S/C45H57NO9/c47-34(5-1-3-30-7-10-36(49)39(52)21-30)13-17-43-24-33-25-44(27-43,18-14-35(48)6-2-4-31-8-11-37(50)40(53)22-31)29-45(26-33,28-43)19-15-42(55)46-20-16-32-9-12-38(51)41(54)23-32/h7-12,21-23,33,49-54H,1-6,13-20,24-29H2,(H,46,55). The van der Waals surface area contributed by atoms with Crippen LogP contribution in [0.2, 0.25) is 0 Å². The van der Waals surface area contributed by atoms with Crippen LogP contribution in [-0.2, 0) is 33.6 Å². The summed E-state index contributed by atoms with van der Waals surface area (Å²) in [7, 11) is 0. The van der Waals surface area contributed by atoms with Crippen LogP contribution in [0.5, 0.6) is 34.5 Å². The van der Waals surface area contributed by atoms with Crippen molar-refractivity contribution in [1.82, 2.24) is 5.32 Å². The molecular weight excluding hydrogens is 698 g/mol. The third-order valence-corrected chi connectivity index (χ3v) is 12.9. The zero-order valence-corrected chi connectivity index (χ0v) is 31.8. The molecule has 3 aromatic rings. The van der Waals surface area contributed by atoms with Gasteiger partial charge in [-0.2, -0.15) is 0 Å². The number of phenolic OH excluding ortho intramolecular Hbond substituents is 6. The van der Waals surface area contributed by atoms with E-state index in [2.05, 4.69) is 5.32 Å². The summed E-state index contributed by atoms with van der Waals surface area (Å²) in [5.41, 5.74) is 2.60. The Morgan fingerprint density at radius 2 is 0.891 bits per heavy atom.